The summed E-state index contributed by atoms with van der Waals surface area (Å²) in [7, 11) is 0. The third-order valence-corrected chi connectivity index (χ3v) is 1.52. The summed E-state index contributed by atoms with van der Waals surface area (Å²) in [6, 6.07) is 0. The second-order valence-corrected chi connectivity index (χ2v) is 2.91. The summed E-state index contributed by atoms with van der Waals surface area (Å²) >= 11 is 0. The first-order chi connectivity index (χ1) is 5.70. The van der Waals surface area contributed by atoms with Crippen molar-refractivity contribution in [2.45, 2.75) is 40.5 Å². The van der Waals surface area contributed by atoms with Crippen molar-refractivity contribution in [2.24, 2.45) is 4.99 Å². The van der Waals surface area contributed by atoms with Crippen molar-refractivity contribution >= 4 is 6.21 Å². The van der Waals surface area contributed by atoms with E-state index in [0.717, 1.165) is 12.1 Å². The van der Waals surface area contributed by atoms with Gasteiger partial charge in [0.15, 0.2) is 0 Å². The van der Waals surface area contributed by atoms with Gasteiger partial charge in [-0.1, -0.05) is 25.0 Å². The Morgan fingerprint density at radius 3 is 2.50 bits per heavy atom. The molecule has 0 aliphatic carbocycles. The van der Waals surface area contributed by atoms with E-state index in [-0.39, 0.29) is 0 Å². The minimum absolute atomic E-state index is 1.07. The summed E-state index contributed by atoms with van der Waals surface area (Å²) in [5.41, 5.74) is 2.38. The van der Waals surface area contributed by atoms with Crippen LogP contribution in [-0.4, -0.2) is 6.21 Å². The van der Waals surface area contributed by atoms with Crippen LogP contribution in [0.5, 0.6) is 0 Å². The van der Waals surface area contributed by atoms with Crippen molar-refractivity contribution in [3.05, 3.63) is 23.4 Å². The smallest absolute Gasteiger partial charge is 0.0371 e. The van der Waals surface area contributed by atoms with Gasteiger partial charge in [-0.3, -0.25) is 4.99 Å². The van der Waals surface area contributed by atoms with E-state index in [0.29, 0.717) is 0 Å². The van der Waals surface area contributed by atoms with Gasteiger partial charge in [0.2, 0.25) is 0 Å². The van der Waals surface area contributed by atoms with E-state index in [1.165, 1.54) is 12.0 Å². The molecule has 1 nitrogen and oxygen atoms in total. The van der Waals surface area contributed by atoms with Crippen LogP contribution in [0.3, 0.4) is 0 Å². The van der Waals surface area contributed by atoms with Gasteiger partial charge in [-0.25, -0.2) is 0 Å². The van der Waals surface area contributed by atoms with E-state index in [9.17, 15) is 0 Å². The second-order valence-electron chi connectivity index (χ2n) is 2.91. The Kier molecular flexibility index (Phi) is 6.35. The maximum atomic E-state index is 4.17. The largest absolute Gasteiger partial charge is 0.266 e. The number of nitrogens with zero attached hydrogens (tertiary/aromatic N) is 1. The number of hydrogen-bond donors (Lipinski definition) is 0. The molecule has 0 spiro atoms. The van der Waals surface area contributed by atoms with E-state index < -0.39 is 0 Å². The first-order valence-corrected chi connectivity index (χ1v) is 4.54. The predicted molar refractivity (Wildman–Crippen MR) is 56.6 cm³/mol. The molecule has 0 saturated heterocycles. The maximum Gasteiger partial charge on any atom is 0.0371 e. The average molecular weight is 165 g/mol. The second kappa shape index (κ2) is 6.84. The Morgan fingerprint density at radius 2 is 2.00 bits per heavy atom. The standard InChI is InChI=1S/C11H19N/c1-5-7-8-10(3)9-11(4)12-6-2/h6,8-9H,5,7H2,1-4H3/b10-8-,11-9-,12-6?. The molecule has 0 aliphatic rings. The van der Waals surface area contributed by atoms with Gasteiger partial charge in [0.05, 0.1) is 0 Å². The molecule has 0 amide bonds. The molecular weight excluding hydrogens is 146 g/mol. The lowest BCUT2D eigenvalue weighted by atomic mass is 10.2. The molecule has 0 unspecified atom stereocenters. The lowest BCUT2D eigenvalue weighted by Gasteiger charge is -1.93. The number of aliphatic imine (C=N–C) groups is 1. The summed E-state index contributed by atoms with van der Waals surface area (Å²) in [5, 5.41) is 0. The van der Waals surface area contributed by atoms with Crippen LogP contribution in [0.1, 0.15) is 40.5 Å². The zero-order valence-electron chi connectivity index (χ0n) is 8.59. The monoisotopic (exact) mass is 165 g/mol. The summed E-state index contributed by atoms with van der Waals surface area (Å²) in [5.74, 6) is 0. The quantitative estimate of drug-likeness (QED) is 0.444. The molecule has 0 aromatic carbocycles. The van der Waals surface area contributed by atoms with Gasteiger partial charge in [0.1, 0.15) is 0 Å². The molecule has 0 atom stereocenters. The molecule has 0 aromatic rings. The minimum atomic E-state index is 1.07. The fourth-order valence-electron chi connectivity index (χ4n) is 1.00. The maximum absolute atomic E-state index is 4.17. The Hall–Kier alpha value is -0.850. The highest BCUT2D eigenvalue weighted by molar-refractivity contribution is 5.55. The highest BCUT2D eigenvalue weighted by Gasteiger charge is 1.84. The number of allylic oxidation sites excluding steroid dienone is 4. The SMILES string of the molecule is CC=N/C(C)=C\C(C)=C/CCC. The van der Waals surface area contributed by atoms with Crippen LogP contribution in [0.4, 0.5) is 0 Å². The normalized spacial score (nSPS) is 14.3. The van der Waals surface area contributed by atoms with Gasteiger partial charge in [0, 0.05) is 11.9 Å². The van der Waals surface area contributed by atoms with Crippen LogP contribution in [0.2, 0.25) is 0 Å². The molecule has 0 aromatic heterocycles. The molecule has 68 valence electrons. The molecule has 0 radical (unpaired) electrons. The van der Waals surface area contributed by atoms with E-state index in [1.54, 1.807) is 0 Å². The van der Waals surface area contributed by atoms with Crippen molar-refractivity contribution in [3.8, 4) is 0 Å². The summed E-state index contributed by atoms with van der Waals surface area (Å²) in [6.45, 7) is 8.25. The fraction of sp³-hybridized carbons (Fsp3) is 0.545. The van der Waals surface area contributed by atoms with Crippen LogP contribution in [0, 0.1) is 0 Å². The van der Waals surface area contributed by atoms with Crippen molar-refractivity contribution in [1.82, 2.24) is 0 Å². The molecule has 1 heteroatoms. The first-order valence-electron chi connectivity index (χ1n) is 4.54. The van der Waals surface area contributed by atoms with E-state index in [2.05, 4.69) is 31.0 Å². The molecule has 0 heterocycles. The molecule has 0 aliphatic heterocycles. The third-order valence-electron chi connectivity index (χ3n) is 1.52. The van der Waals surface area contributed by atoms with Gasteiger partial charge in [-0.15, -0.1) is 0 Å². The highest BCUT2D eigenvalue weighted by Crippen LogP contribution is 2.04. The molecule has 0 fully saturated rings. The molecule has 0 N–H and O–H groups in total. The zero-order valence-corrected chi connectivity index (χ0v) is 8.59. The molecule has 0 rings (SSSR count). The van der Waals surface area contributed by atoms with Crippen molar-refractivity contribution in [2.75, 3.05) is 0 Å². The Morgan fingerprint density at radius 1 is 1.33 bits per heavy atom. The van der Waals surface area contributed by atoms with Crippen LogP contribution in [0.15, 0.2) is 28.4 Å². The van der Waals surface area contributed by atoms with Gasteiger partial charge >= 0.3 is 0 Å². The molecule has 0 saturated carbocycles. The lowest BCUT2D eigenvalue weighted by Crippen LogP contribution is -1.74. The van der Waals surface area contributed by atoms with Gasteiger partial charge in [-0.2, -0.15) is 0 Å². The lowest BCUT2D eigenvalue weighted by molar-refractivity contribution is 0.951. The molecule has 12 heavy (non-hydrogen) atoms. The highest BCUT2D eigenvalue weighted by atomic mass is 14.7. The van der Waals surface area contributed by atoms with Crippen LogP contribution < -0.4 is 0 Å². The van der Waals surface area contributed by atoms with Gasteiger partial charge in [-0.05, 0) is 33.3 Å². The topological polar surface area (TPSA) is 12.4 Å². The van der Waals surface area contributed by atoms with Crippen LogP contribution in [0.25, 0.3) is 0 Å². The fourth-order valence-corrected chi connectivity index (χ4v) is 1.00. The predicted octanol–water partition coefficient (Wildman–Crippen LogP) is 3.73. The van der Waals surface area contributed by atoms with Crippen LogP contribution >= 0.6 is 0 Å². The summed E-state index contributed by atoms with van der Waals surface area (Å²) in [6.07, 6.45) is 8.54. The van der Waals surface area contributed by atoms with Crippen molar-refractivity contribution < 1.29 is 0 Å². The van der Waals surface area contributed by atoms with Gasteiger partial charge in [0.25, 0.3) is 0 Å². The third kappa shape index (κ3) is 5.90. The average Bonchev–Trinajstić information content (AvgIpc) is 2.01. The zero-order chi connectivity index (χ0) is 9.40. The minimum Gasteiger partial charge on any atom is -0.266 e. The Balaban J connectivity index is 4.12. The van der Waals surface area contributed by atoms with Gasteiger partial charge < -0.3 is 0 Å². The first kappa shape index (κ1) is 11.2. The number of rotatable bonds is 4. The van der Waals surface area contributed by atoms with Crippen molar-refractivity contribution in [1.29, 1.82) is 0 Å². The van der Waals surface area contributed by atoms with E-state index in [1.807, 2.05) is 20.1 Å². The Bertz CT molecular complexity index is 197. The molecule has 0 bridgehead atoms. The number of unbranched alkanes of at least 4 members (excludes halogenated alkanes) is 1. The van der Waals surface area contributed by atoms with E-state index in [4.69, 9.17) is 0 Å². The summed E-state index contributed by atoms with van der Waals surface area (Å²) in [4.78, 5) is 4.17. The van der Waals surface area contributed by atoms with Crippen LogP contribution in [-0.2, 0) is 0 Å². The van der Waals surface area contributed by atoms with E-state index >= 15 is 0 Å². The molecular formula is C11H19N. The van der Waals surface area contributed by atoms with Crippen molar-refractivity contribution in [3.63, 3.8) is 0 Å². The summed E-state index contributed by atoms with van der Waals surface area (Å²) < 4.78 is 0. The number of hydrogen-bond acceptors (Lipinski definition) is 1. The Labute approximate surface area is 75.9 Å².